The normalized spacial score (nSPS) is 14.4. The summed E-state index contributed by atoms with van der Waals surface area (Å²) in [6.07, 6.45) is 10.2. The fraction of sp³-hybridized carbons (Fsp3) is 0.533. The number of nitrogens with zero attached hydrogens (tertiary/aromatic N) is 4. The van der Waals surface area contributed by atoms with Crippen molar-refractivity contribution in [2.45, 2.75) is 45.1 Å². The molecule has 112 valence electrons. The molecule has 5 nitrogen and oxygen atoms in total. The van der Waals surface area contributed by atoms with Crippen molar-refractivity contribution in [1.82, 2.24) is 19.5 Å². The number of imidazole rings is 1. The van der Waals surface area contributed by atoms with Gasteiger partial charge in [0.15, 0.2) is 0 Å². The molecule has 1 aliphatic carbocycles. The lowest BCUT2D eigenvalue weighted by Gasteiger charge is -2.11. The third-order valence-electron chi connectivity index (χ3n) is 3.74. The van der Waals surface area contributed by atoms with E-state index in [4.69, 9.17) is 11.6 Å². The van der Waals surface area contributed by atoms with Crippen LogP contribution in [-0.4, -0.2) is 26.1 Å². The Labute approximate surface area is 129 Å². The van der Waals surface area contributed by atoms with Crippen LogP contribution in [0.2, 0.25) is 5.15 Å². The monoisotopic (exact) mass is 305 g/mol. The molecule has 2 heterocycles. The maximum absolute atomic E-state index is 6.20. The number of anilines is 1. The van der Waals surface area contributed by atoms with E-state index in [-0.39, 0.29) is 0 Å². The lowest BCUT2D eigenvalue weighted by molar-refractivity contribution is 0.620. The highest BCUT2D eigenvalue weighted by Crippen LogP contribution is 2.39. The predicted molar refractivity (Wildman–Crippen MR) is 83.7 cm³/mol. The number of hydrogen-bond donors (Lipinski definition) is 1. The first kappa shape index (κ1) is 14.3. The van der Waals surface area contributed by atoms with E-state index >= 15 is 0 Å². The van der Waals surface area contributed by atoms with Gasteiger partial charge in [-0.25, -0.2) is 15.0 Å². The second-order valence-electron chi connectivity index (χ2n) is 5.55. The highest BCUT2D eigenvalue weighted by molar-refractivity contribution is 6.30. The SMILES string of the molecule is Cc1c(Cl)nc(C2CC2)nc1NCCCCn1ccnc1. The second-order valence-corrected chi connectivity index (χ2v) is 5.91. The molecule has 0 aliphatic heterocycles. The minimum Gasteiger partial charge on any atom is -0.370 e. The van der Waals surface area contributed by atoms with Crippen molar-refractivity contribution in [2.24, 2.45) is 0 Å². The second kappa shape index (κ2) is 6.43. The van der Waals surface area contributed by atoms with Crippen molar-refractivity contribution >= 4 is 17.4 Å². The van der Waals surface area contributed by atoms with E-state index in [1.54, 1.807) is 0 Å². The Kier molecular flexibility index (Phi) is 4.39. The number of unbranched alkanes of at least 4 members (excludes halogenated alkanes) is 1. The summed E-state index contributed by atoms with van der Waals surface area (Å²) in [5, 5.41) is 3.97. The molecule has 1 aliphatic rings. The van der Waals surface area contributed by atoms with Crippen molar-refractivity contribution in [3.63, 3.8) is 0 Å². The van der Waals surface area contributed by atoms with E-state index in [2.05, 4.69) is 24.8 Å². The highest BCUT2D eigenvalue weighted by atomic mass is 35.5. The Bertz CT molecular complexity index is 592. The van der Waals surface area contributed by atoms with Crippen LogP contribution in [0.3, 0.4) is 0 Å². The van der Waals surface area contributed by atoms with Gasteiger partial charge in [-0.15, -0.1) is 0 Å². The lowest BCUT2D eigenvalue weighted by atomic mass is 10.2. The summed E-state index contributed by atoms with van der Waals surface area (Å²) >= 11 is 6.20. The zero-order valence-corrected chi connectivity index (χ0v) is 13.0. The molecular formula is C15H20ClN5. The van der Waals surface area contributed by atoms with Gasteiger partial charge in [-0.05, 0) is 32.6 Å². The topological polar surface area (TPSA) is 55.6 Å². The van der Waals surface area contributed by atoms with Crippen molar-refractivity contribution in [1.29, 1.82) is 0 Å². The van der Waals surface area contributed by atoms with Gasteiger partial charge in [0, 0.05) is 37.0 Å². The Morgan fingerprint density at radius 1 is 1.33 bits per heavy atom. The molecule has 0 spiro atoms. The fourth-order valence-corrected chi connectivity index (χ4v) is 2.42. The maximum atomic E-state index is 6.20. The molecule has 2 aromatic rings. The molecule has 1 N–H and O–H groups in total. The molecule has 2 aromatic heterocycles. The standard InChI is InChI=1S/C15H20ClN5/c1-11-13(16)19-15(12-4-5-12)20-14(11)18-6-2-3-8-21-9-7-17-10-21/h7,9-10,12H,2-6,8H2,1H3,(H,18,19,20). The van der Waals surface area contributed by atoms with Gasteiger partial charge >= 0.3 is 0 Å². The van der Waals surface area contributed by atoms with Crippen molar-refractivity contribution in [2.75, 3.05) is 11.9 Å². The molecule has 0 unspecified atom stereocenters. The van der Waals surface area contributed by atoms with Crippen molar-refractivity contribution < 1.29 is 0 Å². The Hall–Kier alpha value is -1.62. The summed E-state index contributed by atoms with van der Waals surface area (Å²) in [5.41, 5.74) is 0.940. The van der Waals surface area contributed by atoms with E-state index in [1.165, 1.54) is 12.8 Å². The minimum absolute atomic E-state index is 0.518. The maximum Gasteiger partial charge on any atom is 0.137 e. The third kappa shape index (κ3) is 3.73. The third-order valence-corrected chi connectivity index (χ3v) is 4.11. The molecule has 0 atom stereocenters. The Morgan fingerprint density at radius 2 is 2.19 bits per heavy atom. The van der Waals surface area contributed by atoms with Crippen LogP contribution in [0.1, 0.15) is 43.0 Å². The lowest BCUT2D eigenvalue weighted by Crippen LogP contribution is -2.09. The zero-order chi connectivity index (χ0) is 14.7. The largest absolute Gasteiger partial charge is 0.370 e. The van der Waals surface area contributed by atoms with Gasteiger partial charge in [0.05, 0.1) is 6.33 Å². The van der Waals surface area contributed by atoms with Crippen molar-refractivity contribution in [3.8, 4) is 0 Å². The minimum atomic E-state index is 0.518. The summed E-state index contributed by atoms with van der Waals surface area (Å²) in [6.45, 7) is 3.86. The molecule has 0 radical (unpaired) electrons. The van der Waals surface area contributed by atoms with Gasteiger partial charge in [-0.3, -0.25) is 0 Å². The van der Waals surface area contributed by atoms with Crippen LogP contribution in [0.5, 0.6) is 0 Å². The molecule has 3 rings (SSSR count). The molecule has 21 heavy (non-hydrogen) atoms. The van der Waals surface area contributed by atoms with Crippen molar-refractivity contribution in [3.05, 3.63) is 35.3 Å². The van der Waals surface area contributed by atoms with Crippen LogP contribution < -0.4 is 5.32 Å². The molecule has 1 saturated carbocycles. The fourth-order valence-electron chi connectivity index (χ4n) is 2.25. The first-order valence-corrected chi connectivity index (χ1v) is 7.85. The van der Waals surface area contributed by atoms with Crippen LogP contribution in [0.15, 0.2) is 18.7 Å². The van der Waals surface area contributed by atoms with E-state index in [1.807, 2.05) is 25.6 Å². The molecule has 0 amide bonds. The first-order valence-electron chi connectivity index (χ1n) is 7.47. The summed E-state index contributed by atoms with van der Waals surface area (Å²) in [7, 11) is 0. The number of halogens is 1. The predicted octanol–water partition coefficient (Wildman–Crippen LogP) is 3.40. The summed E-state index contributed by atoms with van der Waals surface area (Å²) in [4.78, 5) is 13.0. The average molecular weight is 306 g/mol. The van der Waals surface area contributed by atoms with Gasteiger partial charge in [0.25, 0.3) is 0 Å². The van der Waals surface area contributed by atoms with Crippen LogP contribution >= 0.6 is 11.6 Å². The molecule has 0 bridgehead atoms. The summed E-state index contributed by atoms with van der Waals surface area (Å²) in [5.74, 6) is 2.30. The molecule has 0 saturated heterocycles. The van der Waals surface area contributed by atoms with Gasteiger partial charge in [0.2, 0.25) is 0 Å². The highest BCUT2D eigenvalue weighted by Gasteiger charge is 2.27. The number of rotatable bonds is 7. The summed E-state index contributed by atoms with van der Waals surface area (Å²) < 4.78 is 2.10. The Balaban J connectivity index is 1.50. The Morgan fingerprint density at radius 3 is 2.90 bits per heavy atom. The molecular weight excluding hydrogens is 286 g/mol. The van der Waals surface area contributed by atoms with E-state index in [0.717, 1.165) is 43.1 Å². The molecule has 0 aromatic carbocycles. The van der Waals surface area contributed by atoms with Crippen LogP contribution in [0.25, 0.3) is 0 Å². The van der Waals surface area contributed by atoms with Gasteiger partial charge in [-0.1, -0.05) is 11.6 Å². The van der Waals surface area contributed by atoms with E-state index < -0.39 is 0 Å². The number of hydrogen-bond acceptors (Lipinski definition) is 4. The van der Waals surface area contributed by atoms with E-state index in [9.17, 15) is 0 Å². The average Bonchev–Trinajstić information content (AvgIpc) is 3.20. The van der Waals surface area contributed by atoms with Crippen LogP contribution in [0, 0.1) is 6.92 Å². The van der Waals surface area contributed by atoms with Crippen LogP contribution in [-0.2, 0) is 6.54 Å². The van der Waals surface area contributed by atoms with E-state index in [0.29, 0.717) is 11.1 Å². The van der Waals surface area contributed by atoms with Gasteiger partial charge in [-0.2, -0.15) is 0 Å². The summed E-state index contributed by atoms with van der Waals surface area (Å²) in [6, 6.07) is 0. The smallest absolute Gasteiger partial charge is 0.137 e. The zero-order valence-electron chi connectivity index (χ0n) is 12.2. The first-order chi connectivity index (χ1) is 10.2. The van der Waals surface area contributed by atoms with Gasteiger partial charge < -0.3 is 9.88 Å². The molecule has 6 heteroatoms. The van der Waals surface area contributed by atoms with Crippen LogP contribution in [0.4, 0.5) is 5.82 Å². The quantitative estimate of drug-likeness (QED) is 0.629. The number of aromatic nitrogens is 4. The van der Waals surface area contributed by atoms with Gasteiger partial charge in [0.1, 0.15) is 16.8 Å². The number of nitrogens with one attached hydrogen (secondary N) is 1. The number of aryl methyl sites for hydroxylation is 1. The molecule has 1 fully saturated rings.